The molecular weight excluding hydrogens is 357 g/mol. The summed E-state index contributed by atoms with van der Waals surface area (Å²) in [4.78, 5) is 26.0. The molecule has 0 unspecified atom stereocenters. The number of amides is 1. The van der Waals surface area contributed by atoms with Gasteiger partial charge in [-0.15, -0.1) is 0 Å². The number of anilines is 1. The molecule has 150 valence electrons. The van der Waals surface area contributed by atoms with Crippen LogP contribution in [0, 0.1) is 19.7 Å². The zero-order valence-electron chi connectivity index (χ0n) is 16.9. The maximum absolute atomic E-state index is 14.1. The average molecular weight is 385 g/mol. The Hall–Kier alpha value is -2.54. The Bertz CT molecular complexity index is 870. The number of aryl methyl sites for hydroxylation is 1. The second kappa shape index (κ2) is 8.22. The first-order valence-electron chi connectivity index (χ1n) is 9.68. The largest absolute Gasteiger partial charge is 0.355 e. The van der Waals surface area contributed by atoms with E-state index in [0.29, 0.717) is 12.1 Å². The number of halogens is 1. The Kier molecular flexibility index (Phi) is 5.93. The summed E-state index contributed by atoms with van der Waals surface area (Å²) >= 11 is 0. The van der Waals surface area contributed by atoms with Crippen LogP contribution in [0.15, 0.2) is 24.3 Å². The van der Waals surface area contributed by atoms with Gasteiger partial charge in [0.15, 0.2) is 0 Å². The summed E-state index contributed by atoms with van der Waals surface area (Å²) in [7, 11) is 0. The van der Waals surface area contributed by atoms with E-state index in [1.54, 1.807) is 23.1 Å². The van der Waals surface area contributed by atoms with Crippen molar-refractivity contribution in [3.8, 4) is 0 Å². The highest BCUT2D eigenvalue weighted by Gasteiger charge is 2.27. The van der Waals surface area contributed by atoms with E-state index in [1.165, 1.54) is 6.07 Å². The monoisotopic (exact) mass is 385 g/mol. The number of carbonyl (C=O) groups excluding carboxylic acids is 1. The van der Waals surface area contributed by atoms with Crippen molar-refractivity contribution in [3.05, 3.63) is 52.7 Å². The van der Waals surface area contributed by atoms with Gasteiger partial charge < -0.3 is 15.5 Å². The molecule has 3 rings (SSSR count). The van der Waals surface area contributed by atoms with Crippen LogP contribution in [-0.4, -0.2) is 45.9 Å². The Balaban J connectivity index is 1.93. The van der Waals surface area contributed by atoms with Crippen LogP contribution in [0.2, 0.25) is 0 Å². The van der Waals surface area contributed by atoms with Crippen LogP contribution in [0.5, 0.6) is 0 Å². The summed E-state index contributed by atoms with van der Waals surface area (Å²) in [6, 6.07) is 6.49. The minimum Gasteiger partial charge on any atom is -0.355 e. The van der Waals surface area contributed by atoms with Gasteiger partial charge >= 0.3 is 0 Å². The third kappa shape index (κ3) is 4.14. The zero-order valence-corrected chi connectivity index (χ0v) is 16.9. The van der Waals surface area contributed by atoms with Crippen molar-refractivity contribution in [1.29, 1.82) is 0 Å². The van der Waals surface area contributed by atoms with E-state index in [2.05, 4.69) is 14.9 Å². The molecule has 2 aromatic rings. The molecule has 6 nitrogen and oxygen atoms in total. The highest BCUT2D eigenvalue weighted by molar-refractivity contribution is 5.91. The number of benzene rings is 1. The number of hydrogen-bond acceptors (Lipinski definition) is 5. The van der Waals surface area contributed by atoms with Crippen molar-refractivity contribution >= 4 is 11.7 Å². The number of rotatable bonds is 5. The lowest BCUT2D eigenvalue weighted by molar-refractivity contribution is 0.0675. The second-order valence-corrected chi connectivity index (χ2v) is 7.69. The lowest BCUT2D eigenvalue weighted by Gasteiger charge is -2.27. The lowest BCUT2D eigenvalue weighted by atomic mass is 10.1. The fourth-order valence-corrected chi connectivity index (χ4v) is 3.42. The van der Waals surface area contributed by atoms with Gasteiger partial charge in [0.25, 0.3) is 5.91 Å². The van der Waals surface area contributed by atoms with Crippen molar-refractivity contribution in [2.24, 2.45) is 5.73 Å². The number of nitrogens with zero attached hydrogens (tertiary/aromatic N) is 4. The average Bonchev–Trinajstić information content (AvgIpc) is 3.08. The molecule has 1 aliphatic rings. The zero-order chi connectivity index (χ0) is 20.4. The van der Waals surface area contributed by atoms with E-state index >= 15 is 0 Å². The second-order valence-electron chi connectivity index (χ2n) is 7.69. The van der Waals surface area contributed by atoms with Gasteiger partial charge in [0.2, 0.25) is 5.82 Å². The first kappa shape index (κ1) is 20.2. The molecule has 0 bridgehead atoms. The van der Waals surface area contributed by atoms with Gasteiger partial charge in [0.05, 0.1) is 0 Å². The van der Waals surface area contributed by atoms with Crippen LogP contribution < -0.4 is 10.6 Å². The third-order valence-electron chi connectivity index (χ3n) is 5.26. The summed E-state index contributed by atoms with van der Waals surface area (Å²) in [6.45, 7) is 9.35. The van der Waals surface area contributed by atoms with Gasteiger partial charge in [-0.3, -0.25) is 4.79 Å². The van der Waals surface area contributed by atoms with E-state index in [-0.39, 0.29) is 36.2 Å². The summed E-state index contributed by atoms with van der Waals surface area (Å²) in [5.41, 5.74) is 8.23. The molecule has 2 N–H and O–H groups in total. The molecule has 2 heterocycles. The van der Waals surface area contributed by atoms with Crippen LogP contribution in [0.1, 0.15) is 47.7 Å². The van der Waals surface area contributed by atoms with Gasteiger partial charge in [-0.25, -0.2) is 14.4 Å². The van der Waals surface area contributed by atoms with E-state index in [4.69, 9.17) is 5.73 Å². The summed E-state index contributed by atoms with van der Waals surface area (Å²) in [6.07, 6.45) is 0.900. The Labute approximate surface area is 165 Å². The molecule has 0 saturated carbocycles. The first-order valence-corrected chi connectivity index (χ1v) is 9.68. The van der Waals surface area contributed by atoms with Crippen LogP contribution in [-0.2, 0) is 6.54 Å². The molecular formula is C21H28FN5O. The SMILES string of the molecule is Cc1nc(C(=O)N(Cc2ccccc2F)C(C)C)nc(N2CC[C@@H](N)C2)c1C. The molecule has 1 atom stereocenters. The topological polar surface area (TPSA) is 75.4 Å². The fourth-order valence-electron chi connectivity index (χ4n) is 3.42. The molecule has 28 heavy (non-hydrogen) atoms. The smallest absolute Gasteiger partial charge is 0.292 e. The van der Waals surface area contributed by atoms with E-state index in [0.717, 1.165) is 30.0 Å². The van der Waals surface area contributed by atoms with Crippen LogP contribution in [0.25, 0.3) is 0 Å². The number of hydrogen-bond donors (Lipinski definition) is 1. The van der Waals surface area contributed by atoms with Crippen LogP contribution in [0.4, 0.5) is 10.2 Å². The Morgan fingerprint density at radius 2 is 2.04 bits per heavy atom. The third-order valence-corrected chi connectivity index (χ3v) is 5.26. The summed E-state index contributed by atoms with van der Waals surface area (Å²) in [5.74, 6) is 0.279. The number of nitrogens with two attached hydrogens (primary N) is 1. The van der Waals surface area contributed by atoms with Gasteiger partial charge in [-0.2, -0.15) is 0 Å². The normalized spacial score (nSPS) is 16.7. The maximum atomic E-state index is 14.1. The highest BCUT2D eigenvalue weighted by Crippen LogP contribution is 2.24. The molecule has 1 aromatic carbocycles. The van der Waals surface area contributed by atoms with E-state index in [9.17, 15) is 9.18 Å². The Morgan fingerprint density at radius 1 is 1.32 bits per heavy atom. The molecule has 1 aromatic heterocycles. The van der Waals surface area contributed by atoms with E-state index < -0.39 is 0 Å². The molecule has 1 saturated heterocycles. The van der Waals surface area contributed by atoms with Gasteiger partial charge in [-0.1, -0.05) is 18.2 Å². The minimum atomic E-state index is -0.325. The van der Waals surface area contributed by atoms with Gasteiger partial charge in [0, 0.05) is 48.5 Å². The predicted molar refractivity (Wildman–Crippen MR) is 108 cm³/mol. The number of carbonyl (C=O) groups is 1. The highest BCUT2D eigenvalue weighted by atomic mass is 19.1. The molecule has 0 radical (unpaired) electrons. The molecule has 1 amide bonds. The fraction of sp³-hybridized carbons (Fsp3) is 0.476. The van der Waals surface area contributed by atoms with Crippen LogP contribution >= 0.6 is 0 Å². The summed E-state index contributed by atoms with van der Waals surface area (Å²) < 4.78 is 14.1. The van der Waals surface area contributed by atoms with Gasteiger partial charge in [-0.05, 0) is 40.2 Å². The molecule has 1 aliphatic heterocycles. The molecule has 0 aliphatic carbocycles. The minimum absolute atomic E-state index is 0.113. The van der Waals surface area contributed by atoms with Crippen molar-refractivity contribution < 1.29 is 9.18 Å². The van der Waals surface area contributed by atoms with Crippen molar-refractivity contribution in [1.82, 2.24) is 14.9 Å². The quantitative estimate of drug-likeness (QED) is 0.857. The predicted octanol–water partition coefficient (Wildman–Crippen LogP) is 2.82. The lowest BCUT2D eigenvalue weighted by Crippen LogP contribution is -2.38. The van der Waals surface area contributed by atoms with Crippen molar-refractivity contribution in [3.63, 3.8) is 0 Å². The number of aromatic nitrogens is 2. The van der Waals surface area contributed by atoms with Crippen molar-refractivity contribution in [2.45, 2.75) is 52.7 Å². The molecule has 1 fully saturated rings. The standard InChI is InChI=1S/C21H28FN5O/c1-13(2)27(11-16-7-5-6-8-18(16)22)21(28)19-24-15(4)14(3)20(25-19)26-10-9-17(23)12-26/h5-8,13,17H,9-12,23H2,1-4H3/t17-/m1/s1. The molecule has 0 spiro atoms. The first-order chi connectivity index (χ1) is 13.3. The van der Waals surface area contributed by atoms with Crippen molar-refractivity contribution in [2.75, 3.05) is 18.0 Å². The Morgan fingerprint density at radius 3 is 2.64 bits per heavy atom. The van der Waals surface area contributed by atoms with Gasteiger partial charge in [0.1, 0.15) is 11.6 Å². The van der Waals surface area contributed by atoms with E-state index in [1.807, 2.05) is 27.7 Å². The summed E-state index contributed by atoms with van der Waals surface area (Å²) in [5, 5.41) is 0. The van der Waals surface area contributed by atoms with Crippen LogP contribution in [0.3, 0.4) is 0 Å². The molecule has 7 heteroatoms. The maximum Gasteiger partial charge on any atom is 0.292 e.